The maximum Gasteiger partial charge on any atom is 0.321 e. The topological polar surface area (TPSA) is 46.6 Å². The number of benzene rings is 1. The van der Waals surface area contributed by atoms with Crippen LogP contribution in [0.5, 0.6) is 0 Å². The average molecular weight is 314 g/mol. The van der Waals surface area contributed by atoms with Crippen LogP contribution in [0.3, 0.4) is 0 Å². The van der Waals surface area contributed by atoms with Gasteiger partial charge in [-0.1, -0.05) is 17.7 Å². The zero-order chi connectivity index (χ0) is 15.6. The Morgan fingerprint density at radius 2 is 2.10 bits per heavy atom. The molecule has 0 spiro atoms. The number of ether oxygens (including phenoxy) is 1. The van der Waals surface area contributed by atoms with Gasteiger partial charge in [0.05, 0.1) is 6.61 Å². The molecule has 1 aliphatic carbocycles. The van der Waals surface area contributed by atoms with Crippen molar-refractivity contribution in [2.45, 2.75) is 26.3 Å². The van der Waals surface area contributed by atoms with Gasteiger partial charge in [0.15, 0.2) is 0 Å². The van der Waals surface area contributed by atoms with Gasteiger partial charge in [-0.05, 0) is 37.5 Å². The van der Waals surface area contributed by atoms with Crippen molar-refractivity contribution in [3.05, 3.63) is 34.6 Å². The van der Waals surface area contributed by atoms with Gasteiger partial charge < -0.3 is 9.64 Å². The van der Waals surface area contributed by atoms with E-state index < -0.39 is 17.2 Å². The molecule has 6 heteroatoms. The van der Waals surface area contributed by atoms with E-state index >= 15 is 0 Å². The fraction of sp³-hybridized carbons (Fsp3) is 0.467. The summed E-state index contributed by atoms with van der Waals surface area (Å²) in [6.45, 7) is 2.18. The highest BCUT2D eigenvalue weighted by Crippen LogP contribution is 2.48. The largest absolute Gasteiger partial charge is 0.465 e. The molecule has 0 bridgehead atoms. The molecule has 1 amide bonds. The number of hydrogen-bond donors (Lipinski definition) is 0. The third-order valence-electron chi connectivity index (χ3n) is 3.59. The van der Waals surface area contributed by atoms with E-state index in [1.807, 2.05) is 0 Å². The summed E-state index contributed by atoms with van der Waals surface area (Å²) in [6, 6.07) is 4.02. The first-order valence-electron chi connectivity index (χ1n) is 6.77. The van der Waals surface area contributed by atoms with Crippen molar-refractivity contribution in [3.8, 4) is 0 Å². The summed E-state index contributed by atoms with van der Waals surface area (Å²) in [4.78, 5) is 25.8. The molecule has 1 aromatic carbocycles. The van der Waals surface area contributed by atoms with Gasteiger partial charge in [-0.15, -0.1) is 0 Å². The summed E-state index contributed by atoms with van der Waals surface area (Å²) in [6.07, 6.45) is 1.01. The standard InChI is InChI=1S/C15H17ClFNO3/c1-3-21-14(20)15(6-7-15)13(19)18(2)9-10-4-5-11(17)8-12(10)16/h4-5,8H,3,6-7,9H2,1-2H3. The van der Waals surface area contributed by atoms with Crippen LogP contribution >= 0.6 is 11.6 Å². The molecule has 0 N–H and O–H groups in total. The van der Waals surface area contributed by atoms with E-state index in [2.05, 4.69) is 0 Å². The number of hydrogen-bond acceptors (Lipinski definition) is 3. The van der Waals surface area contributed by atoms with E-state index in [1.165, 1.54) is 23.1 Å². The van der Waals surface area contributed by atoms with Gasteiger partial charge in [0.25, 0.3) is 0 Å². The Morgan fingerprint density at radius 3 is 2.62 bits per heavy atom. The van der Waals surface area contributed by atoms with E-state index in [0.29, 0.717) is 18.4 Å². The normalized spacial score (nSPS) is 15.4. The van der Waals surface area contributed by atoms with Crippen molar-refractivity contribution >= 4 is 23.5 Å². The third-order valence-corrected chi connectivity index (χ3v) is 3.95. The molecular formula is C15H17ClFNO3. The van der Waals surface area contributed by atoms with E-state index in [4.69, 9.17) is 16.3 Å². The zero-order valence-corrected chi connectivity index (χ0v) is 12.7. The van der Waals surface area contributed by atoms with Crippen LogP contribution in [0.1, 0.15) is 25.3 Å². The Morgan fingerprint density at radius 1 is 1.43 bits per heavy atom. The molecular weight excluding hydrogens is 297 g/mol. The zero-order valence-electron chi connectivity index (χ0n) is 12.0. The Labute approximate surface area is 127 Å². The lowest BCUT2D eigenvalue weighted by molar-refractivity contribution is -0.157. The second kappa shape index (κ2) is 6.02. The summed E-state index contributed by atoms with van der Waals surface area (Å²) >= 11 is 5.95. The highest BCUT2D eigenvalue weighted by molar-refractivity contribution is 6.31. The minimum absolute atomic E-state index is 0.221. The number of esters is 1. The predicted molar refractivity (Wildman–Crippen MR) is 76.2 cm³/mol. The molecule has 114 valence electrons. The van der Waals surface area contributed by atoms with Crippen LogP contribution in [0.4, 0.5) is 4.39 Å². The molecule has 0 saturated heterocycles. The molecule has 1 fully saturated rings. The molecule has 0 aromatic heterocycles. The number of halogens is 2. The Bertz CT molecular complexity index is 572. The highest BCUT2D eigenvalue weighted by atomic mass is 35.5. The molecule has 1 saturated carbocycles. The maximum absolute atomic E-state index is 13.0. The predicted octanol–water partition coefficient (Wildman–Crippen LogP) is 2.78. The van der Waals surface area contributed by atoms with Crippen LogP contribution in [0.25, 0.3) is 0 Å². The number of rotatable bonds is 5. The van der Waals surface area contributed by atoms with Crippen LogP contribution in [-0.2, 0) is 20.9 Å². The van der Waals surface area contributed by atoms with Crippen LogP contribution in [0, 0.1) is 11.2 Å². The molecule has 0 unspecified atom stereocenters. The van der Waals surface area contributed by atoms with Crippen LogP contribution in [0.2, 0.25) is 5.02 Å². The lowest BCUT2D eigenvalue weighted by Crippen LogP contribution is -2.39. The Kier molecular flexibility index (Phi) is 4.52. The highest BCUT2D eigenvalue weighted by Gasteiger charge is 2.59. The Balaban J connectivity index is 2.08. The van der Waals surface area contributed by atoms with Crippen molar-refractivity contribution in [2.75, 3.05) is 13.7 Å². The summed E-state index contributed by atoms with van der Waals surface area (Å²) in [5.41, 5.74) is -0.398. The minimum atomic E-state index is -1.03. The summed E-state index contributed by atoms with van der Waals surface area (Å²) in [7, 11) is 1.60. The first-order valence-corrected chi connectivity index (χ1v) is 7.15. The van der Waals surface area contributed by atoms with Crippen LogP contribution < -0.4 is 0 Å². The van der Waals surface area contributed by atoms with Gasteiger partial charge in [-0.25, -0.2) is 4.39 Å². The smallest absolute Gasteiger partial charge is 0.321 e. The van der Waals surface area contributed by atoms with Crippen LogP contribution in [0.15, 0.2) is 18.2 Å². The van der Waals surface area contributed by atoms with Crippen LogP contribution in [-0.4, -0.2) is 30.4 Å². The number of nitrogens with zero attached hydrogens (tertiary/aromatic N) is 1. The van der Waals surface area contributed by atoms with Gasteiger partial charge in [0, 0.05) is 18.6 Å². The van der Waals surface area contributed by atoms with E-state index in [1.54, 1.807) is 14.0 Å². The second-order valence-electron chi connectivity index (χ2n) is 5.20. The molecule has 0 radical (unpaired) electrons. The van der Waals surface area contributed by atoms with Gasteiger partial charge in [-0.2, -0.15) is 0 Å². The van der Waals surface area contributed by atoms with Gasteiger partial charge in [0.1, 0.15) is 11.2 Å². The van der Waals surface area contributed by atoms with Gasteiger partial charge >= 0.3 is 5.97 Å². The van der Waals surface area contributed by atoms with Crippen molar-refractivity contribution < 1.29 is 18.7 Å². The number of carbonyl (C=O) groups excluding carboxylic acids is 2. The maximum atomic E-state index is 13.0. The fourth-order valence-electron chi connectivity index (χ4n) is 2.24. The van der Waals surface area contributed by atoms with E-state index in [0.717, 1.165) is 0 Å². The molecule has 4 nitrogen and oxygen atoms in total. The molecule has 0 aliphatic heterocycles. The van der Waals surface area contributed by atoms with E-state index in [9.17, 15) is 14.0 Å². The van der Waals surface area contributed by atoms with Crippen molar-refractivity contribution in [2.24, 2.45) is 5.41 Å². The lowest BCUT2D eigenvalue weighted by Gasteiger charge is -2.22. The van der Waals surface area contributed by atoms with E-state index in [-0.39, 0.29) is 24.1 Å². The SMILES string of the molecule is CCOC(=O)C1(C(=O)N(C)Cc2ccc(F)cc2Cl)CC1. The van der Waals surface area contributed by atoms with Crippen molar-refractivity contribution in [3.63, 3.8) is 0 Å². The number of amides is 1. The fourth-order valence-corrected chi connectivity index (χ4v) is 2.47. The minimum Gasteiger partial charge on any atom is -0.465 e. The summed E-state index contributed by atoms with van der Waals surface area (Å²) < 4.78 is 18.0. The first kappa shape index (κ1) is 15.8. The van der Waals surface area contributed by atoms with Crippen molar-refractivity contribution in [1.29, 1.82) is 0 Å². The van der Waals surface area contributed by atoms with Gasteiger partial charge in [0.2, 0.25) is 5.91 Å². The Hall–Kier alpha value is -1.62. The quantitative estimate of drug-likeness (QED) is 0.620. The average Bonchev–Trinajstić information content (AvgIpc) is 3.23. The monoisotopic (exact) mass is 313 g/mol. The molecule has 2 rings (SSSR count). The summed E-state index contributed by atoms with van der Waals surface area (Å²) in [5, 5.41) is 0.260. The van der Waals surface area contributed by atoms with Crippen molar-refractivity contribution in [1.82, 2.24) is 4.90 Å². The first-order chi connectivity index (χ1) is 9.90. The molecule has 0 atom stereocenters. The summed E-state index contributed by atoms with van der Waals surface area (Å²) in [5.74, 6) is -1.17. The van der Waals surface area contributed by atoms with Gasteiger partial charge in [-0.3, -0.25) is 9.59 Å². The molecule has 0 heterocycles. The number of carbonyl (C=O) groups is 2. The second-order valence-corrected chi connectivity index (χ2v) is 5.61. The lowest BCUT2D eigenvalue weighted by atomic mass is 10.1. The molecule has 1 aliphatic rings. The molecule has 1 aromatic rings. The molecule has 21 heavy (non-hydrogen) atoms. The third kappa shape index (κ3) is 3.18.